The molecular formula is C12H12N2O3. The minimum Gasteiger partial charge on any atom is -0.351 e. The van der Waals surface area contributed by atoms with Crippen LogP contribution in [0.4, 0.5) is 5.69 Å². The van der Waals surface area contributed by atoms with Gasteiger partial charge in [0.1, 0.15) is 0 Å². The van der Waals surface area contributed by atoms with E-state index in [-0.39, 0.29) is 17.2 Å². The Bertz CT molecular complexity index is 489. The van der Waals surface area contributed by atoms with Crippen LogP contribution in [0, 0.1) is 29.4 Å². The number of aryl methyl sites for hydroxylation is 1. The number of nitrogens with one attached hydrogen (secondary N) is 1. The van der Waals surface area contributed by atoms with Gasteiger partial charge in [-0.15, -0.1) is 12.3 Å². The second-order valence-corrected chi connectivity index (χ2v) is 3.52. The van der Waals surface area contributed by atoms with Crippen molar-refractivity contribution in [1.82, 2.24) is 5.32 Å². The highest BCUT2D eigenvalue weighted by Gasteiger charge is 2.12. The van der Waals surface area contributed by atoms with Gasteiger partial charge in [-0.2, -0.15) is 0 Å². The highest BCUT2D eigenvalue weighted by Crippen LogP contribution is 2.16. The van der Waals surface area contributed by atoms with Crippen molar-refractivity contribution in [2.45, 2.75) is 13.3 Å². The molecule has 5 nitrogen and oxygen atoms in total. The molecule has 0 bridgehead atoms. The fraction of sp³-hybridized carbons (Fsp3) is 0.250. The number of non-ortho nitro benzene ring substituents is 1. The third kappa shape index (κ3) is 3.61. The molecule has 0 aliphatic heterocycles. The number of hydrogen-bond donors (Lipinski definition) is 1. The second kappa shape index (κ2) is 5.66. The SMILES string of the molecule is C#CCCNC(=O)c1cc(C)cc([N+](=O)[O-])c1. The molecule has 0 unspecified atom stereocenters. The van der Waals surface area contributed by atoms with Crippen LogP contribution in [0.3, 0.4) is 0 Å². The van der Waals surface area contributed by atoms with Crippen LogP contribution in [-0.2, 0) is 0 Å². The van der Waals surface area contributed by atoms with Gasteiger partial charge < -0.3 is 5.32 Å². The summed E-state index contributed by atoms with van der Waals surface area (Å²) in [5.41, 5.74) is 0.849. The van der Waals surface area contributed by atoms with Gasteiger partial charge in [0.2, 0.25) is 0 Å². The first-order valence-corrected chi connectivity index (χ1v) is 5.02. The average molecular weight is 232 g/mol. The molecule has 1 amide bonds. The maximum Gasteiger partial charge on any atom is 0.270 e. The fourth-order valence-electron chi connectivity index (χ4n) is 1.35. The quantitative estimate of drug-likeness (QED) is 0.371. The summed E-state index contributed by atoms with van der Waals surface area (Å²) in [6, 6.07) is 4.26. The normalized spacial score (nSPS) is 9.41. The standard InChI is InChI=1S/C12H12N2O3/c1-3-4-5-13-12(15)10-6-9(2)7-11(8-10)14(16)17/h1,6-8H,4-5H2,2H3,(H,13,15). The van der Waals surface area contributed by atoms with Gasteiger partial charge in [-0.25, -0.2) is 0 Å². The Balaban J connectivity index is 2.87. The van der Waals surface area contributed by atoms with Gasteiger partial charge in [0.15, 0.2) is 0 Å². The van der Waals surface area contributed by atoms with Crippen LogP contribution in [0.25, 0.3) is 0 Å². The molecule has 0 spiro atoms. The number of rotatable bonds is 4. The summed E-state index contributed by atoms with van der Waals surface area (Å²) >= 11 is 0. The lowest BCUT2D eigenvalue weighted by atomic mass is 10.1. The zero-order valence-corrected chi connectivity index (χ0v) is 9.40. The van der Waals surface area contributed by atoms with Crippen molar-refractivity contribution in [2.24, 2.45) is 0 Å². The Morgan fingerprint density at radius 3 is 2.82 bits per heavy atom. The van der Waals surface area contributed by atoms with Crippen molar-refractivity contribution in [1.29, 1.82) is 0 Å². The summed E-state index contributed by atoms with van der Waals surface area (Å²) in [6.45, 7) is 2.06. The van der Waals surface area contributed by atoms with Crippen molar-refractivity contribution in [3.8, 4) is 12.3 Å². The first kappa shape index (κ1) is 12.7. The van der Waals surface area contributed by atoms with Crippen LogP contribution in [-0.4, -0.2) is 17.4 Å². The maximum atomic E-state index is 11.6. The van der Waals surface area contributed by atoms with Crippen LogP contribution in [0.15, 0.2) is 18.2 Å². The maximum absolute atomic E-state index is 11.6. The van der Waals surface area contributed by atoms with E-state index in [1.54, 1.807) is 13.0 Å². The molecule has 0 saturated carbocycles. The average Bonchev–Trinajstić information content (AvgIpc) is 2.28. The van der Waals surface area contributed by atoms with E-state index >= 15 is 0 Å². The molecule has 17 heavy (non-hydrogen) atoms. The summed E-state index contributed by atoms with van der Waals surface area (Å²) < 4.78 is 0. The third-order valence-corrected chi connectivity index (χ3v) is 2.09. The number of carbonyl (C=O) groups excluding carboxylic acids is 1. The molecule has 0 saturated heterocycles. The van der Waals surface area contributed by atoms with E-state index in [9.17, 15) is 14.9 Å². The molecule has 0 aromatic heterocycles. The van der Waals surface area contributed by atoms with Crippen LogP contribution in [0.2, 0.25) is 0 Å². The van der Waals surface area contributed by atoms with E-state index in [4.69, 9.17) is 6.42 Å². The van der Waals surface area contributed by atoms with E-state index in [1.807, 2.05) is 0 Å². The van der Waals surface area contributed by atoms with Crippen LogP contribution in [0.1, 0.15) is 22.3 Å². The van der Waals surface area contributed by atoms with Gasteiger partial charge in [0.25, 0.3) is 11.6 Å². The molecule has 1 rings (SSSR count). The largest absolute Gasteiger partial charge is 0.351 e. The van der Waals surface area contributed by atoms with E-state index in [1.165, 1.54) is 12.1 Å². The number of nitro groups is 1. The number of carbonyl (C=O) groups is 1. The molecule has 0 aliphatic carbocycles. The van der Waals surface area contributed by atoms with Gasteiger partial charge >= 0.3 is 0 Å². The molecule has 0 heterocycles. The summed E-state index contributed by atoms with van der Waals surface area (Å²) in [5.74, 6) is 2.04. The summed E-state index contributed by atoms with van der Waals surface area (Å²) in [5, 5.41) is 13.2. The highest BCUT2D eigenvalue weighted by molar-refractivity contribution is 5.95. The zero-order valence-electron chi connectivity index (χ0n) is 9.40. The summed E-state index contributed by atoms with van der Waals surface area (Å²) in [6.07, 6.45) is 5.48. The van der Waals surface area contributed by atoms with E-state index in [2.05, 4.69) is 11.2 Å². The lowest BCUT2D eigenvalue weighted by molar-refractivity contribution is -0.384. The molecule has 0 radical (unpaired) electrons. The lowest BCUT2D eigenvalue weighted by Gasteiger charge is -2.04. The topological polar surface area (TPSA) is 72.2 Å². The molecule has 5 heteroatoms. The van der Waals surface area contributed by atoms with Crippen molar-refractivity contribution < 1.29 is 9.72 Å². The first-order valence-electron chi connectivity index (χ1n) is 5.02. The summed E-state index contributed by atoms with van der Waals surface area (Å²) in [7, 11) is 0. The number of nitrogens with zero attached hydrogens (tertiary/aromatic N) is 1. The fourth-order valence-corrected chi connectivity index (χ4v) is 1.35. The third-order valence-electron chi connectivity index (χ3n) is 2.09. The minimum atomic E-state index is -0.523. The van der Waals surface area contributed by atoms with Crippen molar-refractivity contribution in [2.75, 3.05) is 6.54 Å². The smallest absolute Gasteiger partial charge is 0.270 e. The molecule has 1 aromatic rings. The molecule has 1 N–H and O–H groups in total. The Kier molecular flexibility index (Phi) is 4.23. The van der Waals surface area contributed by atoms with E-state index in [0.29, 0.717) is 18.5 Å². The first-order chi connectivity index (χ1) is 8.04. The van der Waals surface area contributed by atoms with Crippen molar-refractivity contribution in [3.05, 3.63) is 39.4 Å². The van der Waals surface area contributed by atoms with Gasteiger partial charge in [-0.1, -0.05) is 0 Å². The van der Waals surface area contributed by atoms with Gasteiger partial charge in [0, 0.05) is 30.7 Å². The molecule has 1 aromatic carbocycles. The van der Waals surface area contributed by atoms with Gasteiger partial charge in [-0.05, 0) is 18.6 Å². The van der Waals surface area contributed by atoms with E-state index < -0.39 is 4.92 Å². The molecule has 0 atom stereocenters. The number of nitro benzene ring substituents is 1. The number of terminal acetylenes is 1. The Morgan fingerprint density at radius 2 is 2.24 bits per heavy atom. The number of benzene rings is 1. The molecule has 88 valence electrons. The number of amides is 1. The molecule has 0 aliphatic rings. The monoisotopic (exact) mass is 232 g/mol. The van der Waals surface area contributed by atoms with Crippen LogP contribution < -0.4 is 5.32 Å². The molecular weight excluding hydrogens is 220 g/mol. The predicted octanol–water partition coefficient (Wildman–Crippen LogP) is 1.66. The Morgan fingerprint density at radius 1 is 1.53 bits per heavy atom. The molecule has 0 fully saturated rings. The van der Waals surface area contributed by atoms with Crippen molar-refractivity contribution in [3.63, 3.8) is 0 Å². The lowest BCUT2D eigenvalue weighted by Crippen LogP contribution is -2.24. The predicted molar refractivity (Wildman–Crippen MR) is 63.6 cm³/mol. The zero-order chi connectivity index (χ0) is 12.8. The number of hydrogen-bond acceptors (Lipinski definition) is 3. The minimum absolute atomic E-state index is 0.0906. The summed E-state index contributed by atoms with van der Waals surface area (Å²) in [4.78, 5) is 21.8. The van der Waals surface area contributed by atoms with Crippen LogP contribution >= 0.6 is 0 Å². The Hall–Kier alpha value is -2.35. The van der Waals surface area contributed by atoms with Crippen LogP contribution in [0.5, 0.6) is 0 Å². The van der Waals surface area contributed by atoms with E-state index in [0.717, 1.165) is 0 Å². The highest BCUT2D eigenvalue weighted by atomic mass is 16.6. The van der Waals surface area contributed by atoms with Gasteiger partial charge in [-0.3, -0.25) is 14.9 Å². The van der Waals surface area contributed by atoms with Crippen molar-refractivity contribution >= 4 is 11.6 Å². The Labute approximate surface area is 99.0 Å². The second-order valence-electron chi connectivity index (χ2n) is 3.52. The van der Waals surface area contributed by atoms with Gasteiger partial charge in [0.05, 0.1) is 4.92 Å².